The van der Waals surface area contributed by atoms with Gasteiger partial charge < -0.3 is 5.11 Å². The fraction of sp³-hybridized carbons (Fsp3) is 1.00. The van der Waals surface area contributed by atoms with E-state index in [0.29, 0.717) is 6.42 Å². The highest BCUT2D eigenvalue weighted by molar-refractivity contribution is 4.62. The van der Waals surface area contributed by atoms with Gasteiger partial charge in [0.25, 0.3) is 0 Å². The summed E-state index contributed by atoms with van der Waals surface area (Å²) in [5.74, 6) is 0. The topological polar surface area (TPSA) is 63.4 Å². The van der Waals surface area contributed by atoms with E-state index in [-0.39, 0.29) is 0 Å². The number of hydrogen-bond acceptors (Lipinski definition) is 3. The van der Waals surface area contributed by atoms with Crippen LogP contribution in [0.15, 0.2) is 0 Å². The molecular formula is C7H15NO3. The van der Waals surface area contributed by atoms with Crippen LogP contribution in [-0.4, -0.2) is 22.2 Å². The monoisotopic (exact) mass is 161 g/mol. The van der Waals surface area contributed by atoms with Crippen molar-refractivity contribution < 1.29 is 10.0 Å². The SMILES string of the molecule is CCCC[C@@H](O)C(C)[N+](=O)[O-]. The van der Waals surface area contributed by atoms with Crippen LogP contribution >= 0.6 is 0 Å². The Bertz CT molecular complexity index is 127. The van der Waals surface area contributed by atoms with Crippen LogP contribution in [0.3, 0.4) is 0 Å². The Hall–Kier alpha value is -0.640. The molecule has 0 saturated heterocycles. The summed E-state index contributed by atoms with van der Waals surface area (Å²) in [6, 6.07) is -0.832. The van der Waals surface area contributed by atoms with Crippen LogP contribution < -0.4 is 0 Å². The third kappa shape index (κ3) is 3.93. The summed E-state index contributed by atoms with van der Waals surface area (Å²) in [6.45, 7) is 3.42. The summed E-state index contributed by atoms with van der Waals surface area (Å²) in [5, 5.41) is 19.3. The van der Waals surface area contributed by atoms with E-state index in [2.05, 4.69) is 0 Å². The van der Waals surface area contributed by atoms with Gasteiger partial charge in [0.05, 0.1) is 0 Å². The molecule has 0 aromatic carbocycles. The Morgan fingerprint density at radius 2 is 2.18 bits per heavy atom. The Morgan fingerprint density at radius 1 is 1.64 bits per heavy atom. The number of unbranched alkanes of at least 4 members (excludes halogenated alkanes) is 1. The quantitative estimate of drug-likeness (QED) is 0.486. The normalized spacial score (nSPS) is 15.9. The molecule has 0 saturated carbocycles. The third-order valence-electron chi connectivity index (χ3n) is 1.74. The number of rotatable bonds is 5. The lowest BCUT2D eigenvalue weighted by molar-refractivity contribution is -0.530. The first-order valence-electron chi connectivity index (χ1n) is 3.91. The van der Waals surface area contributed by atoms with Crippen molar-refractivity contribution in [2.75, 3.05) is 0 Å². The predicted molar refractivity (Wildman–Crippen MR) is 42.0 cm³/mol. The van der Waals surface area contributed by atoms with E-state index in [0.717, 1.165) is 12.8 Å². The van der Waals surface area contributed by atoms with Gasteiger partial charge >= 0.3 is 0 Å². The van der Waals surface area contributed by atoms with E-state index in [4.69, 9.17) is 0 Å². The molecule has 0 fully saturated rings. The van der Waals surface area contributed by atoms with Crippen LogP contribution in [0, 0.1) is 10.1 Å². The van der Waals surface area contributed by atoms with Gasteiger partial charge in [0.15, 0.2) is 0 Å². The molecule has 0 radical (unpaired) electrons. The first-order valence-corrected chi connectivity index (χ1v) is 3.91. The number of hydrogen-bond donors (Lipinski definition) is 1. The zero-order chi connectivity index (χ0) is 8.85. The molecule has 11 heavy (non-hydrogen) atoms. The molecule has 66 valence electrons. The highest BCUT2D eigenvalue weighted by Gasteiger charge is 2.22. The van der Waals surface area contributed by atoms with Crippen molar-refractivity contribution in [3.63, 3.8) is 0 Å². The fourth-order valence-electron chi connectivity index (χ4n) is 0.795. The molecule has 0 bridgehead atoms. The lowest BCUT2D eigenvalue weighted by Crippen LogP contribution is -2.30. The molecule has 0 heterocycles. The maximum absolute atomic E-state index is 10.1. The van der Waals surface area contributed by atoms with E-state index < -0.39 is 17.1 Å². The smallest absolute Gasteiger partial charge is 0.235 e. The Kier molecular flexibility index (Phi) is 4.77. The highest BCUT2D eigenvalue weighted by Crippen LogP contribution is 2.06. The molecule has 0 rings (SSSR count). The molecule has 2 atom stereocenters. The van der Waals surface area contributed by atoms with Gasteiger partial charge in [-0.3, -0.25) is 10.1 Å². The summed E-state index contributed by atoms with van der Waals surface area (Å²) in [6.07, 6.45) is 1.55. The number of nitrogens with zero attached hydrogens (tertiary/aromatic N) is 1. The van der Waals surface area contributed by atoms with Gasteiger partial charge in [-0.2, -0.15) is 0 Å². The number of nitro groups is 1. The van der Waals surface area contributed by atoms with E-state index >= 15 is 0 Å². The summed E-state index contributed by atoms with van der Waals surface area (Å²) in [7, 11) is 0. The van der Waals surface area contributed by atoms with Crippen LogP contribution in [0.2, 0.25) is 0 Å². The van der Waals surface area contributed by atoms with Crippen LogP contribution in [-0.2, 0) is 0 Å². The molecule has 4 nitrogen and oxygen atoms in total. The number of aliphatic hydroxyl groups excluding tert-OH is 1. The molecule has 0 spiro atoms. The molecule has 0 aromatic rings. The second kappa shape index (κ2) is 5.07. The van der Waals surface area contributed by atoms with Crippen LogP contribution in [0.25, 0.3) is 0 Å². The zero-order valence-electron chi connectivity index (χ0n) is 6.99. The van der Waals surface area contributed by atoms with Crippen molar-refractivity contribution in [1.29, 1.82) is 0 Å². The number of aliphatic hydroxyl groups is 1. The van der Waals surface area contributed by atoms with E-state index in [1.807, 2.05) is 6.92 Å². The van der Waals surface area contributed by atoms with Gasteiger partial charge in [0.2, 0.25) is 6.04 Å². The Balaban J connectivity index is 3.63. The molecule has 0 amide bonds. The van der Waals surface area contributed by atoms with Crippen molar-refractivity contribution in [1.82, 2.24) is 0 Å². The zero-order valence-corrected chi connectivity index (χ0v) is 6.99. The fourth-order valence-corrected chi connectivity index (χ4v) is 0.795. The predicted octanol–water partition coefficient (Wildman–Crippen LogP) is 1.20. The molecular weight excluding hydrogens is 146 g/mol. The minimum atomic E-state index is -0.832. The first-order chi connectivity index (χ1) is 5.09. The minimum absolute atomic E-state index is 0.444. The molecule has 0 aliphatic rings. The van der Waals surface area contributed by atoms with Crippen molar-refractivity contribution in [2.24, 2.45) is 0 Å². The Labute approximate surface area is 66.4 Å². The van der Waals surface area contributed by atoms with Crippen molar-refractivity contribution in [2.45, 2.75) is 45.3 Å². The van der Waals surface area contributed by atoms with Crippen molar-refractivity contribution >= 4 is 0 Å². The first kappa shape index (κ1) is 10.4. The van der Waals surface area contributed by atoms with Crippen LogP contribution in [0.1, 0.15) is 33.1 Å². The molecule has 1 N–H and O–H groups in total. The van der Waals surface area contributed by atoms with Crippen molar-refractivity contribution in [3.05, 3.63) is 10.1 Å². The summed E-state index contributed by atoms with van der Waals surface area (Å²) in [4.78, 5) is 9.71. The van der Waals surface area contributed by atoms with E-state index in [9.17, 15) is 15.2 Å². The lowest BCUT2D eigenvalue weighted by atomic mass is 10.1. The van der Waals surface area contributed by atoms with Gasteiger partial charge in [0, 0.05) is 11.8 Å². The second-order valence-electron chi connectivity index (χ2n) is 2.74. The van der Waals surface area contributed by atoms with Crippen LogP contribution in [0.4, 0.5) is 0 Å². The van der Waals surface area contributed by atoms with E-state index in [1.54, 1.807) is 0 Å². The van der Waals surface area contributed by atoms with Crippen molar-refractivity contribution in [3.8, 4) is 0 Å². The second-order valence-corrected chi connectivity index (χ2v) is 2.74. The highest BCUT2D eigenvalue weighted by atomic mass is 16.6. The van der Waals surface area contributed by atoms with Gasteiger partial charge in [-0.15, -0.1) is 0 Å². The van der Waals surface area contributed by atoms with Gasteiger partial charge in [-0.1, -0.05) is 19.8 Å². The molecule has 0 aliphatic carbocycles. The largest absolute Gasteiger partial charge is 0.386 e. The summed E-state index contributed by atoms with van der Waals surface area (Å²) < 4.78 is 0. The maximum Gasteiger partial charge on any atom is 0.235 e. The average molecular weight is 161 g/mol. The van der Waals surface area contributed by atoms with Gasteiger partial charge in [-0.25, -0.2) is 0 Å². The summed E-state index contributed by atoms with van der Waals surface area (Å²) in [5.41, 5.74) is 0. The van der Waals surface area contributed by atoms with Gasteiger partial charge in [-0.05, 0) is 6.42 Å². The standard InChI is InChI=1S/C7H15NO3/c1-3-4-5-7(9)6(2)8(10)11/h6-7,9H,3-5H2,1-2H3/t6?,7-/m1/s1. The Morgan fingerprint density at radius 3 is 2.55 bits per heavy atom. The minimum Gasteiger partial charge on any atom is -0.386 e. The average Bonchev–Trinajstić information content (AvgIpc) is 1.98. The molecule has 4 heteroatoms. The summed E-state index contributed by atoms with van der Waals surface area (Å²) >= 11 is 0. The van der Waals surface area contributed by atoms with E-state index in [1.165, 1.54) is 6.92 Å². The molecule has 0 aromatic heterocycles. The lowest BCUT2D eigenvalue weighted by Gasteiger charge is -2.10. The van der Waals surface area contributed by atoms with Gasteiger partial charge in [0.1, 0.15) is 6.10 Å². The third-order valence-corrected chi connectivity index (χ3v) is 1.74. The maximum atomic E-state index is 10.1. The molecule has 1 unspecified atom stereocenters. The molecule has 0 aliphatic heterocycles. The van der Waals surface area contributed by atoms with Crippen LogP contribution in [0.5, 0.6) is 0 Å².